The van der Waals surface area contributed by atoms with E-state index >= 15 is 0 Å². The number of nitrogens with zero attached hydrogens (tertiary/aromatic N) is 2. The van der Waals surface area contributed by atoms with Crippen molar-refractivity contribution in [1.82, 2.24) is 14.5 Å². The first-order valence-corrected chi connectivity index (χ1v) is 6.98. The highest BCUT2D eigenvalue weighted by atomic mass is 32.1. The second-order valence-electron chi connectivity index (χ2n) is 4.23. The molecular formula is C12H11N3O2S2. The second kappa shape index (κ2) is 4.43. The van der Waals surface area contributed by atoms with Crippen LogP contribution in [0.4, 0.5) is 0 Å². The number of fused-ring (bicyclic) bond motifs is 1. The first-order chi connectivity index (χ1) is 9.06. The van der Waals surface area contributed by atoms with Gasteiger partial charge in [0.25, 0.3) is 5.56 Å². The molecule has 0 aliphatic rings. The van der Waals surface area contributed by atoms with E-state index < -0.39 is 0 Å². The molecule has 7 heteroatoms. The number of rotatable bonds is 2. The fourth-order valence-corrected chi connectivity index (χ4v) is 2.95. The van der Waals surface area contributed by atoms with Crippen LogP contribution in [0.25, 0.3) is 10.2 Å². The predicted octanol–water partition coefficient (Wildman–Crippen LogP) is 2.77. The van der Waals surface area contributed by atoms with Crippen LogP contribution in [-0.2, 0) is 6.54 Å². The van der Waals surface area contributed by atoms with E-state index in [2.05, 4.69) is 9.97 Å². The standard InChI is InChI=1S/C12H11N3O2S2/c1-6-7(2)17-9(13-6)5-15-11(16)8-3-4-19-10(8)14-12(15)18/h3-4H,5H2,1-2H3,(H,14,18). The van der Waals surface area contributed by atoms with Gasteiger partial charge in [-0.2, -0.15) is 0 Å². The fourth-order valence-electron chi connectivity index (χ4n) is 1.86. The first kappa shape index (κ1) is 12.3. The molecule has 0 amide bonds. The van der Waals surface area contributed by atoms with Crippen molar-refractivity contribution in [3.05, 3.63) is 43.9 Å². The van der Waals surface area contributed by atoms with Crippen molar-refractivity contribution in [2.45, 2.75) is 20.4 Å². The van der Waals surface area contributed by atoms with E-state index in [1.807, 2.05) is 19.2 Å². The molecule has 5 nitrogen and oxygen atoms in total. The minimum Gasteiger partial charge on any atom is -0.444 e. The van der Waals surface area contributed by atoms with E-state index in [4.69, 9.17) is 16.6 Å². The molecule has 0 aromatic carbocycles. The summed E-state index contributed by atoms with van der Waals surface area (Å²) < 4.78 is 7.34. The second-order valence-corrected chi connectivity index (χ2v) is 5.54. The van der Waals surface area contributed by atoms with Crippen molar-refractivity contribution >= 4 is 33.8 Å². The van der Waals surface area contributed by atoms with E-state index in [-0.39, 0.29) is 12.1 Å². The molecule has 3 aromatic heterocycles. The van der Waals surface area contributed by atoms with Gasteiger partial charge < -0.3 is 9.40 Å². The van der Waals surface area contributed by atoms with Gasteiger partial charge in [0, 0.05) is 0 Å². The van der Waals surface area contributed by atoms with E-state index in [9.17, 15) is 4.79 Å². The number of nitrogens with one attached hydrogen (secondary N) is 1. The quantitative estimate of drug-likeness (QED) is 0.738. The van der Waals surface area contributed by atoms with E-state index in [0.29, 0.717) is 16.0 Å². The van der Waals surface area contributed by atoms with Gasteiger partial charge in [-0.05, 0) is 37.5 Å². The SMILES string of the molecule is Cc1nc(Cn2c(=S)[nH]c3sccc3c2=O)oc1C. The summed E-state index contributed by atoms with van der Waals surface area (Å²) >= 11 is 6.68. The topological polar surface area (TPSA) is 63.8 Å². The molecule has 0 bridgehead atoms. The molecule has 0 saturated heterocycles. The molecule has 0 fully saturated rings. The van der Waals surface area contributed by atoms with Crippen molar-refractivity contribution in [1.29, 1.82) is 0 Å². The first-order valence-electron chi connectivity index (χ1n) is 5.69. The number of hydrogen-bond acceptors (Lipinski definition) is 5. The average molecular weight is 293 g/mol. The highest BCUT2D eigenvalue weighted by molar-refractivity contribution is 7.71. The summed E-state index contributed by atoms with van der Waals surface area (Å²) in [4.78, 5) is 20.4. The van der Waals surface area contributed by atoms with Gasteiger partial charge in [-0.3, -0.25) is 9.36 Å². The van der Waals surface area contributed by atoms with Crippen molar-refractivity contribution in [2.24, 2.45) is 0 Å². The lowest BCUT2D eigenvalue weighted by Crippen LogP contribution is -2.22. The Morgan fingerprint density at radius 1 is 1.53 bits per heavy atom. The Hall–Kier alpha value is -1.73. The van der Waals surface area contributed by atoms with Gasteiger partial charge in [-0.1, -0.05) is 0 Å². The summed E-state index contributed by atoms with van der Waals surface area (Å²) in [5.41, 5.74) is 0.711. The highest BCUT2D eigenvalue weighted by Crippen LogP contribution is 2.15. The maximum absolute atomic E-state index is 12.3. The minimum absolute atomic E-state index is 0.117. The number of hydrogen-bond donors (Lipinski definition) is 1. The van der Waals surface area contributed by atoms with Crippen LogP contribution in [0.2, 0.25) is 0 Å². The molecule has 0 radical (unpaired) electrons. The zero-order valence-corrected chi connectivity index (χ0v) is 12.0. The van der Waals surface area contributed by atoms with Gasteiger partial charge in [-0.15, -0.1) is 11.3 Å². The van der Waals surface area contributed by atoms with Crippen molar-refractivity contribution in [3.63, 3.8) is 0 Å². The number of aromatic nitrogens is 3. The third-order valence-corrected chi connectivity index (χ3v) is 4.12. The fraction of sp³-hybridized carbons (Fsp3) is 0.250. The maximum atomic E-state index is 12.3. The Bertz CT molecular complexity index is 850. The van der Waals surface area contributed by atoms with Gasteiger partial charge in [0.15, 0.2) is 4.77 Å². The normalized spacial score (nSPS) is 11.3. The van der Waals surface area contributed by atoms with Gasteiger partial charge >= 0.3 is 0 Å². The summed E-state index contributed by atoms with van der Waals surface area (Å²) in [6, 6.07) is 1.79. The van der Waals surface area contributed by atoms with Crippen LogP contribution in [0.3, 0.4) is 0 Å². The zero-order valence-electron chi connectivity index (χ0n) is 10.4. The number of H-pyrrole nitrogens is 1. The minimum atomic E-state index is -0.117. The average Bonchev–Trinajstić information content (AvgIpc) is 2.93. The van der Waals surface area contributed by atoms with Crippen molar-refractivity contribution in [2.75, 3.05) is 0 Å². The van der Waals surface area contributed by atoms with E-state index in [0.717, 1.165) is 16.3 Å². The summed E-state index contributed by atoms with van der Waals surface area (Å²) in [6.45, 7) is 3.96. The van der Waals surface area contributed by atoms with Crippen LogP contribution in [0.15, 0.2) is 20.7 Å². The largest absolute Gasteiger partial charge is 0.444 e. The predicted molar refractivity (Wildman–Crippen MR) is 76.3 cm³/mol. The molecule has 0 spiro atoms. The van der Waals surface area contributed by atoms with Crippen LogP contribution < -0.4 is 5.56 Å². The maximum Gasteiger partial charge on any atom is 0.263 e. The Balaban J connectivity index is 2.14. The molecule has 3 rings (SSSR count). The summed E-state index contributed by atoms with van der Waals surface area (Å²) in [5.74, 6) is 1.25. The van der Waals surface area contributed by atoms with Crippen LogP contribution in [0, 0.1) is 18.6 Å². The summed E-state index contributed by atoms with van der Waals surface area (Å²) in [7, 11) is 0. The molecule has 0 atom stereocenters. The Labute approximate surface area is 117 Å². The lowest BCUT2D eigenvalue weighted by atomic mass is 10.4. The molecule has 1 N–H and O–H groups in total. The number of thiophene rings is 1. The number of aryl methyl sites for hydroxylation is 2. The Kier molecular flexibility index (Phi) is 2.87. The van der Waals surface area contributed by atoms with Crippen LogP contribution in [-0.4, -0.2) is 14.5 Å². The Morgan fingerprint density at radius 2 is 2.32 bits per heavy atom. The summed E-state index contributed by atoms with van der Waals surface area (Å²) in [6.07, 6.45) is 0. The number of aromatic amines is 1. The molecule has 0 aliphatic carbocycles. The molecule has 3 heterocycles. The molecule has 19 heavy (non-hydrogen) atoms. The lowest BCUT2D eigenvalue weighted by molar-refractivity contribution is 0.452. The van der Waals surface area contributed by atoms with Crippen LogP contribution in [0.1, 0.15) is 17.3 Å². The van der Waals surface area contributed by atoms with Crippen LogP contribution in [0.5, 0.6) is 0 Å². The summed E-state index contributed by atoms with van der Waals surface area (Å²) in [5, 5.41) is 2.50. The van der Waals surface area contributed by atoms with E-state index in [1.54, 1.807) is 6.07 Å². The molecular weight excluding hydrogens is 282 g/mol. The smallest absolute Gasteiger partial charge is 0.263 e. The molecule has 0 aliphatic heterocycles. The Morgan fingerprint density at radius 3 is 3.00 bits per heavy atom. The van der Waals surface area contributed by atoms with Crippen molar-refractivity contribution < 1.29 is 4.42 Å². The lowest BCUT2D eigenvalue weighted by Gasteiger charge is -2.03. The molecule has 0 unspecified atom stereocenters. The highest BCUT2D eigenvalue weighted by Gasteiger charge is 2.11. The van der Waals surface area contributed by atoms with Gasteiger partial charge in [0.2, 0.25) is 5.89 Å². The van der Waals surface area contributed by atoms with Crippen LogP contribution >= 0.6 is 23.6 Å². The monoisotopic (exact) mass is 293 g/mol. The molecule has 3 aromatic rings. The van der Waals surface area contributed by atoms with Crippen molar-refractivity contribution in [3.8, 4) is 0 Å². The molecule has 0 saturated carbocycles. The third kappa shape index (κ3) is 2.04. The van der Waals surface area contributed by atoms with E-state index in [1.165, 1.54) is 15.9 Å². The number of oxazole rings is 1. The zero-order chi connectivity index (χ0) is 13.6. The molecule has 98 valence electrons. The van der Waals surface area contributed by atoms with Gasteiger partial charge in [0.1, 0.15) is 17.1 Å². The van der Waals surface area contributed by atoms with Gasteiger partial charge in [0.05, 0.1) is 11.1 Å². The third-order valence-electron chi connectivity index (χ3n) is 2.97. The van der Waals surface area contributed by atoms with Gasteiger partial charge in [-0.25, -0.2) is 4.98 Å².